The first-order valence-electron chi connectivity index (χ1n) is 18.7. The Bertz CT molecular complexity index is 2920. The highest BCUT2D eigenvalue weighted by Crippen LogP contribution is 2.45. The number of hydrogen-bond acceptors (Lipinski definition) is 3. The normalized spacial score (nSPS) is 11.3. The van der Waals surface area contributed by atoms with Crippen LogP contribution in [0.15, 0.2) is 223 Å². The summed E-state index contributed by atoms with van der Waals surface area (Å²) in [5.41, 5.74) is 12.9. The van der Waals surface area contributed by atoms with Gasteiger partial charge in [0, 0.05) is 33.7 Å². The quantitative estimate of drug-likeness (QED) is 0.157. The van der Waals surface area contributed by atoms with E-state index in [0.29, 0.717) is 0 Å². The van der Waals surface area contributed by atoms with E-state index in [9.17, 15) is 0 Å². The summed E-state index contributed by atoms with van der Waals surface area (Å²) in [4.78, 5) is 4.70. The van der Waals surface area contributed by atoms with Gasteiger partial charge in [0.05, 0.1) is 16.8 Å². The second-order valence-corrected chi connectivity index (χ2v) is 13.8. The van der Waals surface area contributed by atoms with Gasteiger partial charge in [-0.2, -0.15) is 0 Å². The third kappa shape index (κ3) is 5.98. The van der Waals surface area contributed by atoms with Gasteiger partial charge in [0.2, 0.25) is 0 Å². The molecule has 9 aromatic carbocycles. The van der Waals surface area contributed by atoms with Crippen molar-refractivity contribution in [2.75, 3.05) is 9.80 Å². The molecule has 0 amide bonds. The SMILES string of the molecule is c1ccc(-c2cc(-c3ccc(N(c4ccccc4)c4cccc5oc6ccccc6c45)cc3)ccc2N(c2ccccc2)c2ccc3ccccc3c2)cc1. The lowest BCUT2D eigenvalue weighted by atomic mass is 9.95. The first-order chi connectivity index (χ1) is 27.3. The number of benzene rings is 9. The molecule has 0 spiro atoms. The zero-order chi connectivity index (χ0) is 36.6. The second kappa shape index (κ2) is 13.9. The lowest BCUT2D eigenvalue weighted by Crippen LogP contribution is -2.11. The van der Waals surface area contributed by atoms with E-state index in [2.05, 4.69) is 216 Å². The Morgan fingerprint density at radius 2 is 0.873 bits per heavy atom. The van der Waals surface area contributed by atoms with Gasteiger partial charge < -0.3 is 14.2 Å². The average molecular weight is 705 g/mol. The fraction of sp³-hybridized carbons (Fsp3) is 0. The molecule has 0 aliphatic heterocycles. The molecule has 0 aliphatic rings. The standard InChI is InChI=1S/C52H36N2O/c1-4-16-39(17-5-1)47-36-41(30-34-48(47)54(43-21-8-3-9-22-43)45-33-29-37-15-10-11-18-40(37)35-45)38-27-31-44(32-28-38)53(42-19-6-2-7-20-42)49-24-14-26-51-52(49)46-23-12-13-25-50(46)55-51/h1-36H. The molecule has 0 saturated heterocycles. The minimum absolute atomic E-state index is 0.873. The number of rotatable bonds is 8. The maximum absolute atomic E-state index is 6.31. The molecule has 260 valence electrons. The molecule has 0 fully saturated rings. The minimum Gasteiger partial charge on any atom is -0.456 e. The molecule has 0 atom stereocenters. The number of nitrogens with zero attached hydrogens (tertiary/aromatic N) is 2. The van der Waals surface area contributed by atoms with Crippen LogP contribution in [-0.4, -0.2) is 0 Å². The number of furan rings is 1. The molecule has 1 heterocycles. The topological polar surface area (TPSA) is 19.6 Å². The van der Waals surface area contributed by atoms with Crippen molar-refractivity contribution >= 4 is 66.8 Å². The molecule has 3 nitrogen and oxygen atoms in total. The Kier molecular flexibility index (Phi) is 8.16. The van der Waals surface area contributed by atoms with Gasteiger partial charge in [-0.3, -0.25) is 0 Å². The van der Waals surface area contributed by atoms with Crippen molar-refractivity contribution < 1.29 is 4.42 Å². The van der Waals surface area contributed by atoms with Crippen molar-refractivity contribution in [3.8, 4) is 22.3 Å². The van der Waals surface area contributed by atoms with Crippen molar-refractivity contribution in [3.63, 3.8) is 0 Å². The molecule has 1 aromatic heterocycles. The fourth-order valence-corrected chi connectivity index (χ4v) is 7.83. The number of hydrogen-bond donors (Lipinski definition) is 0. The van der Waals surface area contributed by atoms with Gasteiger partial charge in [-0.1, -0.05) is 140 Å². The molecule has 55 heavy (non-hydrogen) atoms. The fourth-order valence-electron chi connectivity index (χ4n) is 7.83. The van der Waals surface area contributed by atoms with E-state index in [0.717, 1.165) is 78.3 Å². The smallest absolute Gasteiger partial charge is 0.137 e. The molecule has 0 aliphatic carbocycles. The number of para-hydroxylation sites is 3. The van der Waals surface area contributed by atoms with Crippen molar-refractivity contribution in [1.82, 2.24) is 0 Å². The Morgan fingerprint density at radius 1 is 0.309 bits per heavy atom. The largest absolute Gasteiger partial charge is 0.456 e. The predicted molar refractivity (Wildman–Crippen MR) is 231 cm³/mol. The van der Waals surface area contributed by atoms with Crippen molar-refractivity contribution in [1.29, 1.82) is 0 Å². The van der Waals surface area contributed by atoms with Gasteiger partial charge in [0.1, 0.15) is 11.2 Å². The van der Waals surface area contributed by atoms with E-state index in [4.69, 9.17) is 4.42 Å². The highest BCUT2D eigenvalue weighted by molar-refractivity contribution is 6.13. The molecule has 0 radical (unpaired) electrons. The maximum atomic E-state index is 6.31. The summed E-state index contributed by atoms with van der Waals surface area (Å²) in [6.45, 7) is 0. The van der Waals surface area contributed by atoms with Gasteiger partial charge in [-0.15, -0.1) is 0 Å². The van der Waals surface area contributed by atoms with Crippen molar-refractivity contribution in [2.24, 2.45) is 0 Å². The van der Waals surface area contributed by atoms with Crippen molar-refractivity contribution in [2.45, 2.75) is 0 Å². The maximum Gasteiger partial charge on any atom is 0.137 e. The van der Waals surface area contributed by atoms with Crippen LogP contribution >= 0.6 is 0 Å². The number of anilines is 6. The Labute approximate surface area is 320 Å². The van der Waals surface area contributed by atoms with Gasteiger partial charge >= 0.3 is 0 Å². The summed E-state index contributed by atoms with van der Waals surface area (Å²) in [5.74, 6) is 0. The molecule has 0 unspecified atom stereocenters. The van der Waals surface area contributed by atoms with Crippen LogP contribution in [0.25, 0.3) is 55.0 Å². The molecule has 3 heteroatoms. The highest BCUT2D eigenvalue weighted by Gasteiger charge is 2.21. The number of fused-ring (bicyclic) bond motifs is 4. The van der Waals surface area contributed by atoms with Crippen molar-refractivity contribution in [3.05, 3.63) is 218 Å². The Morgan fingerprint density at radius 3 is 1.62 bits per heavy atom. The Balaban J connectivity index is 1.10. The van der Waals surface area contributed by atoms with E-state index in [1.807, 2.05) is 12.1 Å². The lowest BCUT2D eigenvalue weighted by Gasteiger charge is -2.29. The first-order valence-corrected chi connectivity index (χ1v) is 18.7. The van der Waals surface area contributed by atoms with Crippen LogP contribution in [0, 0.1) is 0 Å². The van der Waals surface area contributed by atoms with Crippen LogP contribution in [0.3, 0.4) is 0 Å². The van der Waals surface area contributed by atoms with E-state index >= 15 is 0 Å². The highest BCUT2D eigenvalue weighted by atomic mass is 16.3. The van der Waals surface area contributed by atoms with Crippen LogP contribution in [0.2, 0.25) is 0 Å². The van der Waals surface area contributed by atoms with Crippen LogP contribution < -0.4 is 9.80 Å². The lowest BCUT2D eigenvalue weighted by molar-refractivity contribution is 0.669. The van der Waals surface area contributed by atoms with Gasteiger partial charge in [0.15, 0.2) is 0 Å². The molecular formula is C52H36N2O. The predicted octanol–water partition coefficient (Wildman–Crippen LogP) is 15.0. The van der Waals surface area contributed by atoms with Crippen LogP contribution in [-0.2, 0) is 0 Å². The third-order valence-electron chi connectivity index (χ3n) is 10.4. The monoisotopic (exact) mass is 704 g/mol. The second-order valence-electron chi connectivity index (χ2n) is 13.8. The zero-order valence-corrected chi connectivity index (χ0v) is 30.1. The summed E-state index contributed by atoms with van der Waals surface area (Å²) in [6.07, 6.45) is 0. The van der Waals surface area contributed by atoms with Gasteiger partial charge in [-0.05, 0) is 106 Å². The summed E-state index contributed by atoms with van der Waals surface area (Å²) in [6, 6.07) is 77.6. The minimum atomic E-state index is 0.873. The van der Waals surface area contributed by atoms with E-state index in [-0.39, 0.29) is 0 Å². The van der Waals surface area contributed by atoms with Crippen LogP contribution in [0.5, 0.6) is 0 Å². The molecule has 0 N–H and O–H groups in total. The van der Waals surface area contributed by atoms with E-state index in [1.165, 1.54) is 10.8 Å². The molecule has 0 saturated carbocycles. The molecule has 10 rings (SSSR count). The van der Waals surface area contributed by atoms with E-state index in [1.54, 1.807) is 0 Å². The zero-order valence-electron chi connectivity index (χ0n) is 30.1. The Hall–Kier alpha value is -7.36. The van der Waals surface area contributed by atoms with Crippen LogP contribution in [0.4, 0.5) is 34.1 Å². The molecule has 0 bridgehead atoms. The third-order valence-corrected chi connectivity index (χ3v) is 10.4. The summed E-state index contributed by atoms with van der Waals surface area (Å²) in [7, 11) is 0. The first kappa shape index (κ1) is 32.3. The average Bonchev–Trinajstić information content (AvgIpc) is 3.65. The summed E-state index contributed by atoms with van der Waals surface area (Å²) in [5, 5.41) is 4.64. The summed E-state index contributed by atoms with van der Waals surface area (Å²) < 4.78 is 6.31. The molecular weight excluding hydrogens is 669 g/mol. The van der Waals surface area contributed by atoms with E-state index < -0.39 is 0 Å². The molecule has 10 aromatic rings. The summed E-state index contributed by atoms with van der Waals surface area (Å²) >= 11 is 0. The van der Waals surface area contributed by atoms with Gasteiger partial charge in [0.25, 0.3) is 0 Å². The van der Waals surface area contributed by atoms with Gasteiger partial charge in [-0.25, -0.2) is 0 Å². The van der Waals surface area contributed by atoms with Crippen LogP contribution in [0.1, 0.15) is 0 Å².